The van der Waals surface area contributed by atoms with E-state index in [-0.39, 0.29) is 12.3 Å². The monoisotopic (exact) mass is 400 g/mol. The van der Waals surface area contributed by atoms with Gasteiger partial charge >= 0.3 is 6.03 Å². The Bertz CT molecular complexity index is 898. The molecule has 0 aliphatic heterocycles. The second kappa shape index (κ2) is 8.66. The third kappa shape index (κ3) is 5.80. The lowest BCUT2D eigenvalue weighted by Gasteiger charge is -2.05. The number of nitrogens with zero attached hydrogens (tertiary/aromatic N) is 1. The van der Waals surface area contributed by atoms with Gasteiger partial charge in [-0.05, 0) is 42.8 Å². The Morgan fingerprint density at radius 3 is 2.52 bits per heavy atom. The fraction of sp³-hybridized carbons (Fsp3) is 0.105. The fourth-order valence-electron chi connectivity index (χ4n) is 2.36. The summed E-state index contributed by atoms with van der Waals surface area (Å²) in [6.45, 7) is 1.96. The number of aromatic nitrogens is 1. The molecular formula is C19H17ClN4O2S. The number of halogens is 1. The largest absolute Gasteiger partial charge is 0.326 e. The van der Waals surface area contributed by atoms with Gasteiger partial charge < -0.3 is 10.6 Å². The molecule has 0 spiro atoms. The summed E-state index contributed by atoms with van der Waals surface area (Å²) in [5.41, 5.74) is 2.98. The normalized spacial score (nSPS) is 10.3. The zero-order valence-corrected chi connectivity index (χ0v) is 16.0. The van der Waals surface area contributed by atoms with E-state index in [4.69, 9.17) is 11.6 Å². The first-order valence-electron chi connectivity index (χ1n) is 8.12. The number of rotatable bonds is 5. The molecule has 6 nitrogen and oxygen atoms in total. The van der Waals surface area contributed by atoms with E-state index in [0.717, 1.165) is 11.3 Å². The van der Waals surface area contributed by atoms with Gasteiger partial charge in [0.25, 0.3) is 0 Å². The standard InChI is InChI=1S/C19H17ClN4O2S/c1-12-4-2-6-14(8-12)21-17(25)10-16-11-27-19(23-16)24-18(26)22-15-7-3-5-13(20)9-15/h2-9,11H,10H2,1H3,(H,21,25)(H2,22,23,24,26). The van der Waals surface area contributed by atoms with Crippen molar-refractivity contribution >= 4 is 51.4 Å². The number of nitrogens with one attached hydrogen (secondary N) is 3. The summed E-state index contributed by atoms with van der Waals surface area (Å²) in [7, 11) is 0. The molecule has 3 amide bonds. The van der Waals surface area contributed by atoms with Crippen molar-refractivity contribution < 1.29 is 9.59 Å². The van der Waals surface area contributed by atoms with E-state index >= 15 is 0 Å². The number of urea groups is 1. The van der Waals surface area contributed by atoms with Crippen molar-refractivity contribution in [3.8, 4) is 0 Å². The van der Waals surface area contributed by atoms with Crippen LogP contribution in [0, 0.1) is 6.92 Å². The van der Waals surface area contributed by atoms with Crippen molar-refractivity contribution in [1.29, 1.82) is 0 Å². The number of hydrogen-bond acceptors (Lipinski definition) is 4. The summed E-state index contributed by atoms with van der Waals surface area (Å²) in [5, 5.41) is 10.8. The highest BCUT2D eigenvalue weighted by molar-refractivity contribution is 7.14. The van der Waals surface area contributed by atoms with Gasteiger partial charge in [-0.25, -0.2) is 9.78 Å². The summed E-state index contributed by atoms with van der Waals surface area (Å²) >= 11 is 7.14. The molecule has 0 bridgehead atoms. The highest BCUT2D eigenvalue weighted by atomic mass is 35.5. The molecule has 0 radical (unpaired) electrons. The number of anilines is 3. The molecule has 3 N–H and O–H groups in total. The minimum Gasteiger partial charge on any atom is -0.326 e. The van der Waals surface area contributed by atoms with Gasteiger partial charge in [-0.3, -0.25) is 10.1 Å². The topological polar surface area (TPSA) is 83.1 Å². The van der Waals surface area contributed by atoms with Crippen molar-refractivity contribution in [2.75, 3.05) is 16.0 Å². The Kier molecular flexibility index (Phi) is 6.05. The van der Waals surface area contributed by atoms with Gasteiger partial charge in [0.05, 0.1) is 12.1 Å². The van der Waals surface area contributed by atoms with Crippen LogP contribution in [0.2, 0.25) is 5.02 Å². The second-order valence-electron chi connectivity index (χ2n) is 5.83. The summed E-state index contributed by atoms with van der Waals surface area (Å²) in [6.07, 6.45) is 0.127. The van der Waals surface area contributed by atoms with Crippen LogP contribution in [0.5, 0.6) is 0 Å². The van der Waals surface area contributed by atoms with Gasteiger partial charge in [0, 0.05) is 21.8 Å². The summed E-state index contributed by atoms with van der Waals surface area (Å²) in [5.74, 6) is -0.166. The van der Waals surface area contributed by atoms with Crippen LogP contribution in [0.1, 0.15) is 11.3 Å². The maximum atomic E-state index is 12.1. The zero-order chi connectivity index (χ0) is 19.2. The Morgan fingerprint density at radius 1 is 1.04 bits per heavy atom. The van der Waals surface area contributed by atoms with Gasteiger partial charge in [-0.15, -0.1) is 11.3 Å². The van der Waals surface area contributed by atoms with Crippen LogP contribution in [0.25, 0.3) is 0 Å². The maximum absolute atomic E-state index is 12.1. The highest BCUT2D eigenvalue weighted by Crippen LogP contribution is 2.18. The summed E-state index contributed by atoms with van der Waals surface area (Å²) in [6, 6.07) is 14.0. The number of thiazole rings is 1. The highest BCUT2D eigenvalue weighted by Gasteiger charge is 2.10. The zero-order valence-electron chi connectivity index (χ0n) is 14.5. The van der Waals surface area contributed by atoms with Gasteiger partial charge in [0.2, 0.25) is 5.91 Å². The SMILES string of the molecule is Cc1cccc(NC(=O)Cc2csc(NC(=O)Nc3cccc(Cl)c3)n2)c1. The van der Waals surface area contributed by atoms with Crippen LogP contribution in [0.4, 0.5) is 21.3 Å². The molecule has 1 heterocycles. The first kappa shape index (κ1) is 18.9. The van der Waals surface area contributed by atoms with E-state index in [0.29, 0.717) is 21.5 Å². The van der Waals surface area contributed by atoms with Crippen LogP contribution in [-0.4, -0.2) is 16.9 Å². The minimum atomic E-state index is -0.428. The molecule has 0 saturated carbocycles. The van der Waals surface area contributed by atoms with Crippen molar-refractivity contribution in [3.05, 3.63) is 70.2 Å². The molecule has 0 unspecified atom stereocenters. The van der Waals surface area contributed by atoms with Crippen LogP contribution in [-0.2, 0) is 11.2 Å². The molecule has 8 heteroatoms. The predicted molar refractivity (Wildman–Crippen MR) is 110 cm³/mol. The number of carbonyl (C=O) groups is 2. The van der Waals surface area contributed by atoms with Crippen LogP contribution in [0.3, 0.4) is 0 Å². The van der Waals surface area contributed by atoms with Crippen molar-refractivity contribution in [2.45, 2.75) is 13.3 Å². The molecule has 27 heavy (non-hydrogen) atoms. The lowest BCUT2D eigenvalue weighted by molar-refractivity contribution is -0.115. The number of benzene rings is 2. The molecule has 3 aromatic rings. The second-order valence-corrected chi connectivity index (χ2v) is 7.12. The van der Waals surface area contributed by atoms with Crippen LogP contribution >= 0.6 is 22.9 Å². The van der Waals surface area contributed by atoms with Crippen molar-refractivity contribution in [2.24, 2.45) is 0 Å². The average molecular weight is 401 g/mol. The van der Waals surface area contributed by atoms with E-state index in [2.05, 4.69) is 20.9 Å². The maximum Gasteiger partial charge on any atom is 0.325 e. The first-order valence-corrected chi connectivity index (χ1v) is 9.38. The smallest absolute Gasteiger partial charge is 0.325 e. The molecule has 0 fully saturated rings. The molecule has 1 aromatic heterocycles. The Balaban J connectivity index is 1.53. The predicted octanol–water partition coefficient (Wildman–Crippen LogP) is 4.93. The van der Waals surface area contributed by atoms with E-state index in [1.807, 2.05) is 31.2 Å². The Hall–Kier alpha value is -2.90. The number of amides is 3. The van der Waals surface area contributed by atoms with E-state index in [1.54, 1.807) is 29.6 Å². The molecule has 3 rings (SSSR count). The quantitative estimate of drug-likeness (QED) is 0.567. The van der Waals surface area contributed by atoms with Crippen molar-refractivity contribution in [1.82, 2.24) is 4.98 Å². The van der Waals surface area contributed by atoms with Gasteiger partial charge in [0.15, 0.2) is 5.13 Å². The van der Waals surface area contributed by atoms with Gasteiger partial charge in [-0.1, -0.05) is 29.8 Å². The number of carbonyl (C=O) groups excluding carboxylic acids is 2. The number of aryl methyl sites for hydroxylation is 1. The third-order valence-corrected chi connectivity index (χ3v) is 4.54. The Labute approximate surface area is 165 Å². The fourth-order valence-corrected chi connectivity index (χ4v) is 3.26. The van der Waals surface area contributed by atoms with Crippen molar-refractivity contribution in [3.63, 3.8) is 0 Å². The van der Waals surface area contributed by atoms with Gasteiger partial charge in [-0.2, -0.15) is 0 Å². The molecule has 138 valence electrons. The van der Waals surface area contributed by atoms with E-state index < -0.39 is 6.03 Å². The van der Waals surface area contributed by atoms with E-state index in [9.17, 15) is 9.59 Å². The lowest BCUT2D eigenvalue weighted by atomic mass is 10.2. The first-order chi connectivity index (χ1) is 13.0. The molecule has 0 saturated heterocycles. The van der Waals surface area contributed by atoms with E-state index in [1.165, 1.54) is 11.3 Å². The summed E-state index contributed by atoms with van der Waals surface area (Å²) in [4.78, 5) is 28.4. The molecule has 0 aliphatic rings. The lowest BCUT2D eigenvalue weighted by Crippen LogP contribution is -2.19. The minimum absolute atomic E-state index is 0.127. The molecule has 0 aliphatic carbocycles. The Morgan fingerprint density at radius 2 is 1.78 bits per heavy atom. The number of hydrogen-bond donors (Lipinski definition) is 3. The third-order valence-electron chi connectivity index (χ3n) is 3.50. The average Bonchev–Trinajstić information content (AvgIpc) is 3.01. The summed E-state index contributed by atoms with van der Waals surface area (Å²) < 4.78 is 0. The molecule has 2 aromatic carbocycles. The van der Waals surface area contributed by atoms with Crippen LogP contribution in [0.15, 0.2) is 53.9 Å². The van der Waals surface area contributed by atoms with Gasteiger partial charge in [0.1, 0.15) is 0 Å². The van der Waals surface area contributed by atoms with Crippen LogP contribution < -0.4 is 16.0 Å². The molecular weight excluding hydrogens is 384 g/mol. The molecule has 0 atom stereocenters.